The number of ether oxygens (including phenoxy) is 1. The molecule has 0 fully saturated rings. The maximum atomic E-state index is 12.2. The Balaban J connectivity index is 2.01. The van der Waals surface area contributed by atoms with Gasteiger partial charge in [0.05, 0.1) is 5.56 Å². The molecule has 1 aromatic heterocycles. The zero-order chi connectivity index (χ0) is 15.8. The maximum absolute atomic E-state index is 12.2. The number of unbranched alkanes of at least 4 members (excludes halogenated alkanes) is 1. The molecule has 0 aliphatic heterocycles. The molecule has 4 heteroatoms. The van der Waals surface area contributed by atoms with Gasteiger partial charge in [-0.25, -0.2) is 14.8 Å². The summed E-state index contributed by atoms with van der Waals surface area (Å²) in [5.74, 6) is 0.395. The van der Waals surface area contributed by atoms with Crippen molar-refractivity contribution in [2.24, 2.45) is 0 Å². The normalized spacial score (nSPS) is 11.9. The summed E-state index contributed by atoms with van der Waals surface area (Å²) in [6.45, 7) is 4.12. The van der Waals surface area contributed by atoms with Gasteiger partial charge in [-0.1, -0.05) is 50.6 Å². The number of nitrogens with zero attached hydrogens (tertiary/aromatic N) is 2. The predicted molar refractivity (Wildman–Crippen MR) is 85.5 cm³/mol. The molecule has 116 valence electrons. The third kappa shape index (κ3) is 4.38. The first-order chi connectivity index (χ1) is 10.7. The van der Waals surface area contributed by atoms with E-state index >= 15 is 0 Å². The average Bonchev–Trinajstić information content (AvgIpc) is 2.58. The lowest BCUT2D eigenvalue weighted by Gasteiger charge is -2.16. The first-order valence-corrected chi connectivity index (χ1v) is 7.81. The lowest BCUT2D eigenvalue weighted by Crippen LogP contribution is -2.12. The van der Waals surface area contributed by atoms with Crippen LogP contribution < -0.4 is 0 Å². The SMILES string of the molecule is CCCCc1ncc(C(=O)OC(CC)c2ccccc2)cn1. The Kier molecular flexibility index (Phi) is 6.07. The number of esters is 1. The molecule has 0 spiro atoms. The lowest BCUT2D eigenvalue weighted by atomic mass is 10.1. The molecule has 1 atom stereocenters. The topological polar surface area (TPSA) is 52.1 Å². The van der Waals surface area contributed by atoms with Crippen molar-refractivity contribution in [3.8, 4) is 0 Å². The van der Waals surface area contributed by atoms with Crippen LogP contribution in [-0.4, -0.2) is 15.9 Å². The van der Waals surface area contributed by atoms with Crippen LogP contribution in [0.3, 0.4) is 0 Å². The zero-order valence-electron chi connectivity index (χ0n) is 13.2. The second-order valence-electron chi connectivity index (χ2n) is 5.20. The zero-order valence-corrected chi connectivity index (χ0v) is 13.2. The highest BCUT2D eigenvalue weighted by atomic mass is 16.5. The summed E-state index contributed by atoms with van der Waals surface area (Å²) in [6.07, 6.45) is 6.58. The summed E-state index contributed by atoms with van der Waals surface area (Å²) in [5.41, 5.74) is 1.40. The van der Waals surface area contributed by atoms with Gasteiger partial charge in [0.1, 0.15) is 11.9 Å². The van der Waals surface area contributed by atoms with Crippen molar-refractivity contribution in [3.05, 3.63) is 59.7 Å². The Morgan fingerprint density at radius 1 is 1.14 bits per heavy atom. The monoisotopic (exact) mass is 298 g/mol. The van der Waals surface area contributed by atoms with E-state index in [-0.39, 0.29) is 12.1 Å². The summed E-state index contributed by atoms with van der Waals surface area (Å²) >= 11 is 0. The first-order valence-electron chi connectivity index (χ1n) is 7.81. The highest BCUT2D eigenvalue weighted by Crippen LogP contribution is 2.22. The van der Waals surface area contributed by atoms with Gasteiger partial charge in [0.2, 0.25) is 0 Å². The lowest BCUT2D eigenvalue weighted by molar-refractivity contribution is 0.0287. The van der Waals surface area contributed by atoms with Gasteiger partial charge in [-0.3, -0.25) is 0 Å². The highest BCUT2D eigenvalue weighted by molar-refractivity contribution is 5.88. The van der Waals surface area contributed by atoms with Gasteiger partial charge in [-0.2, -0.15) is 0 Å². The smallest absolute Gasteiger partial charge is 0.341 e. The fourth-order valence-electron chi connectivity index (χ4n) is 2.18. The summed E-state index contributed by atoms with van der Waals surface area (Å²) in [7, 11) is 0. The second kappa shape index (κ2) is 8.27. The van der Waals surface area contributed by atoms with Crippen molar-refractivity contribution in [2.45, 2.75) is 45.6 Å². The number of rotatable bonds is 7. The summed E-state index contributed by atoms with van der Waals surface area (Å²) in [6, 6.07) is 9.76. The minimum Gasteiger partial charge on any atom is -0.454 e. The summed E-state index contributed by atoms with van der Waals surface area (Å²) < 4.78 is 5.57. The molecule has 2 rings (SSSR count). The molecule has 0 N–H and O–H groups in total. The number of aryl methyl sites for hydroxylation is 1. The number of carbonyl (C=O) groups is 1. The minimum absolute atomic E-state index is 0.242. The molecule has 4 nitrogen and oxygen atoms in total. The summed E-state index contributed by atoms with van der Waals surface area (Å²) in [4.78, 5) is 20.7. The molecule has 1 unspecified atom stereocenters. The molecule has 0 aliphatic rings. The van der Waals surface area contributed by atoms with E-state index in [4.69, 9.17) is 4.74 Å². The molecule has 1 aromatic carbocycles. The Morgan fingerprint density at radius 3 is 2.41 bits per heavy atom. The Bertz CT molecular complexity index is 582. The van der Waals surface area contributed by atoms with Crippen LogP contribution in [0.4, 0.5) is 0 Å². The van der Waals surface area contributed by atoms with Crippen molar-refractivity contribution >= 4 is 5.97 Å². The highest BCUT2D eigenvalue weighted by Gasteiger charge is 2.16. The molecule has 2 aromatic rings. The number of hydrogen-bond acceptors (Lipinski definition) is 4. The van der Waals surface area contributed by atoms with Gasteiger partial charge in [0.15, 0.2) is 0 Å². The van der Waals surface area contributed by atoms with E-state index in [0.717, 1.165) is 37.1 Å². The number of hydrogen-bond donors (Lipinski definition) is 0. The van der Waals surface area contributed by atoms with Gasteiger partial charge < -0.3 is 4.74 Å². The molecule has 0 aliphatic carbocycles. The Hall–Kier alpha value is -2.23. The van der Waals surface area contributed by atoms with Crippen LogP contribution in [0.15, 0.2) is 42.7 Å². The number of carbonyl (C=O) groups excluding carboxylic acids is 1. The van der Waals surface area contributed by atoms with Gasteiger partial charge in [-0.05, 0) is 18.4 Å². The quantitative estimate of drug-likeness (QED) is 0.721. The van der Waals surface area contributed by atoms with Gasteiger partial charge >= 0.3 is 5.97 Å². The maximum Gasteiger partial charge on any atom is 0.341 e. The first kappa shape index (κ1) is 16.1. The largest absolute Gasteiger partial charge is 0.454 e. The van der Waals surface area contributed by atoms with E-state index in [9.17, 15) is 4.79 Å². The van der Waals surface area contributed by atoms with Crippen molar-refractivity contribution in [3.63, 3.8) is 0 Å². The summed E-state index contributed by atoms with van der Waals surface area (Å²) in [5, 5.41) is 0. The van der Waals surface area contributed by atoms with Crippen molar-refractivity contribution in [2.75, 3.05) is 0 Å². The number of benzene rings is 1. The Labute approximate surface area is 131 Å². The van der Waals surface area contributed by atoms with E-state index in [1.165, 1.54) is 0 Å². The van der Waals surface area contributed by atoms with Crippen LogP contribution in [0, 0.1) is 0 Å². The molecular formula is C18H22N2O2. The fourth-order valence-corrected chi connectivity index (χ4v) is 2.18. The van der Waals surface area contributed by atoms with E-state index in [0.29, 0.717) is 5.56 Å². The minimum atomic E-state index is -0.377. The second-order valence-corrected chi connectivity index (χ2v) is 5.20. The van der Waals surface area contributed by atoms with Crippen LogP contribution in [0.2, 0.25) is 0 Å². The van der Waals surface area contributed by atoms with Gasteiger partial charge in [0, 0.05) is 18.8 Å². The Morgan fingerprint density at radius 2 is 1.82 bits per heavy atom. The van der Waals surface area contributed by atoms with Crippen LogP contribution in [-0.2, 0) is 11.2 Å². The van der Waals surface area contributed by atoms with E-state index < -0.39 is 0 Å². The van der Waals surface area contributed by atoms with Crippen molar-refractivity contribution in [1.29, 1.82) is 0 Å². The molecule has 1 heterocycles. The van der Waals surface area contributed by atoms with Crippen LogP contribution in [0.5, 0.6) is 0 Å². The average molecular weight is 298 g/mol. The van der Waals surface area contributed by atoms with E-state index in [2.05, 4.69) is 16.9 Å². The molecule has 0 bridgehead atoms. The van der Waals surface area contributed by atoms with Gasteiger partial charge in [0.25, 0.3) is 0 Å². The molecule has 0 saturated heterocycles. The van der Waals surface area contributed by atoms with Crippen molar-refractivity contribution in [1.82, 2.24) is 9.97 Å². The van der Waals surface area contributed by atoms with Crippen LogP contribution in [0.25, 0.3) is 0 Å². The van der Waals surface area contributed by atoms with E-state index in [1.807, 2.05) is 37.3 Å². The van der Waals surface area contributed by atoms with Gasteiger partial charge in [-0.15, -0.1) is 0 Å². The standard InChI is InChI=1S/C18H22N2O2/c1-3-5-11-17-19-12-15(13-20-17)18(21)22-16(4-2)14-9-7-6-8-10-14/h6-10,12-13,16H,3-5,11H2,1-2H3. The third-order valence-electron chi connectivity index (χ3n) is 3.49. The molecule has 22 heavy (non-hydrogen) atoms. The number of aromatic nitrogens is 2. The van der Waals surface area contributed by atoms with E-state index in [1.54, 1.807) is 12.4 Å². The molecule has 0 saturated carbocycles. The van der Waals surface area contributed by atoms with Crippen molar-refractivity contribution < 1.29 is 9.53 Å². The van der Waals surface area contributed by atoms with Crippen LogP contribution in [0.1, 0.15) is 61.0 Å². The molecule has 0 amide bonds. The fraction of sp³-hybridized carbons (Fsp3) is 0.389. The molecule has 0 radical (unpaired) electrons. The molecular weight excluding hydrogens is 276 g/mol. The predicted octanol–water partition coefficient (Wildman–Crippen LogP) is 4.13. The van der Waals surface area contributed by atoms with Crippen LogP contribution >= 0.6 is 0 Å². The third-order valence-corrected chi connectivity index (χ3v) is 3.49.